The predicted molar refractivity (Wildman–Crippen MR) is 63.9 cm³/mol. The van der Waals surface area contributed by atoms with Gasteiger partial charge in [0.25, 0.3) is 5.91 Å². The Hall–Kier alpha value is -1.75. The van der Waals surface area contributed by atoms with Crippen LogP contribution in [-0.2, 0) is 0 Å². The van der Waals surface area contributed by atoms with E-state index >= 15 is 0 Å². The van der Waals surface area contributed by atoms with Gasteiger partial charge in [-0.3, -0.25) is 4.79 Å². The van der Waals surface area contributed by atoms with Crippen LogP contribution in [0.3, 0.4) is 0 Å². The van der Waals surface area contributed by atoms with Gasteiger partial charge in [-0.1, -0.05) is 0 Å². The summed E-state index contributed by atoms with van der Waals surface area (Å²) < 4.78 is 5.07. The molecule has 92 valence electrons. The monoisotopic (exact) mass is 236 g/mol. The number of anilines is 1. The lowest BCUT2D eigenvalue weighted by Crippen LogP contribution is -2.29. The molecule has 0 radical (unpaired) electrons. The number of hydrogen-bond acceptors (Lipinski definition) is 4. The average Bonchev–Trinajstić information content (AvgIpc) is 2.75. The number of ether oxygens (including phenoxy) is 1. The molecule has 1 atom stereocenters. The number of rotatable bonds is 2. The molecule has 0 aromatic heterocycles. The number of hydrogen-bond donors (Lipinski definition) is 2. The van der Waals surface area contributed by atoms with Crippen LogP contribution in [-0.4, -0.2) is 42.2 Å². The number of amides is 1. The Morgan fingerprint density at radius 1 is 1.59 bits per heavy atom. The highest BCUT2D eigenvalue weighted by molar-refractivity contribution is 5.95. The Balaban J connectivity index is 2.19. The SMILES string of the molecule is COc1cc(C(=O)N2CC[C@H](O)C2)ccc1N. The number of likely N-dealkylation sites (tertiary alicyclic amines) is 1. The average molecular weight is 236 g/mol. The van der Waals surface area contributed by atoms with Gasteiger partial charge in [-0.25, -0.2) is 0 Å². The van der Waals surface area contributed by atoms with Gasteiger partial charge in [0.2, 0.25) is 0 Å². The van der Waals surface area contributed by atoms with Gasteiger partial charge < -0.3 is 20.5 Å². The highest BCUT2D eigenvalue weighted by Gasteiger charge is 2.25. The van der Waals surface area contributed by atoms with Crippen molar-refractivity contribution in [1.29, 1.82) is 0 Å². The van der Waals surface area contributed by atoms with E-state index in [1.165, 1.54) is 7.11 Å². The summed E-state index contributed by atoms with van der Waals surface area (Å²) in [5, 5.41) is 9.40. The van der Waals surface area contributed by atoms with E-state index in [2.05, 4.69) is 0 Å². The van der Waals surface area contributed by atoms with E-state index in [-0.39, 0.29) is 5.91 Å². The van der Waals surface area contributed by atoms with Gasteiger partial charge >= 0.3 is 0 Å². The molecule has 3 N–H and O–H groups in total. The molecule has 0 bridgehead atoms. The number of methoxy groups -OCH3 is 1. The fourth-order valence-corrected chi connectivity index (χ4v) is 1.95. The summed E-state index contributed by atoms with van der Waals surface area (Å²) in [7, 11) is 1.51. The predicted octanol–water partition coefficient (Wildman–Crippen LogP) is 0.484. The van der Waals surface area contributed by atoms with Crippen LogP contribution in [0.5, 0.6) is 5.75 Å². The highest BCUT2D eigenvalue weighted by atomic mass is 16.5. The molecule has 1 aromatic carbocycles. The lowest BCUT2D eigenvalue weighted by atomic mass is 10.1. The Bertz CT molecular complexity index is 434. The van der Waals surface area contributed by atoms with Crippen LogP contribution in [0.2, 0.25) is 0 Å². The van der Waals surface area contributed by atoms with Crippen molar-refractivity contribution < 1.29 is 14.6 Å². The topological polar surface area (TPSA) is 75.8 Å². The standard InChI is InChI=1S/C12H16N2O3/c1-17-11-6-8(2-3-10(11)13)12(16)14-5-4-9(15)7-14/h2-3,6,9,15H,4-5,7,13H2,1H3/t9-/m0/s1. The van der Waals surface area contributed by atoms with Crippen molar-refractivity contribution in [3.8, 4) is 5.75 Å². The van der Waals surface area contributed by atoms with Crippen LogP contribution in [0, 0.1) is 0 Å². The number of β-amino-alcohol motifs (C(OH)–C–C–N with tert-alkyl or cyclic N) is 1. The molecule has 0 unspecified atom stereocenters. The summed E-state index contributed by atoms with van der Waals surface area (Å²) in [5.74, 6) is 0.399. The van der Waals surface area contributed by atoms with Crippen LogP contribution in [0.15, 0.2) is 18.2 Å². The van der Waals surface area contributed by atoms with Crippen LogP contribution in [0.4, 0.5) is 5.69 Å². The van der Waals surface area contributed by atoms with E-state index in [1.54, 1.807) is 23.1 Å². The van der Waals surface area contributed by atoms with Crippen LogP contribution >= 0.6 is 0 Å². The molecule has 1 heterocycles. The first-order valence-electron chi connectivity index (χ1n) is 5.52. The van der Waals surface area contributed by atoms with Crippen LogP contribution < -0.4 is 10.5 Å². The Kier molecular flexibility index (Phi) is 3.19. The quantitative estimate of drug-likeness (QED) is 0.732. The minimum absolute atomic E-state index is 0.0974. The second kappa shape index (κ2) is 4.63. The summed E-state index contributed by atoms with van der Waals surface area (Å²) >= 11 is 0. The summed E-state index contributed by atoms with van der Waals surface area (Å²) in [6.45, 7) is 0.984. The van der Waals surface area contributed by atoms with Gasteiger partial charge in [-0.15, -0.1) is 0 Å². The maximum absolute atomic E-state index is 12.1. The first kappa shape index (κ1) is 11.7. The zero-order valence-electron chi connectivity index (χ0n) is 9.72. The van der Waals surface area contributed by atoms with Crippen molar-refractivity contribution in [2.24, 2.45) is 0 Å². The van der Waals surface area contributed by atoms with Gasteiger partial charge in [-0.05, 0) is 24.6 Å². The number of aliphatic hydroxyl groups excluding tert-OH is 1. The third-order valence-electron chi connectivity index (χ3n) is 2.93. The molecular formula is C12H16N2O3. The van der Waals surface area contributed by atoms with E-state index < -0.39 is 6.10 Å². The molecule has 1 aliphatic heterocycles. The first-order valence-corrected chi connectivity index (χ1v) is 5.52. The molecule has 1 fully saturated rings. The zero-order chi connectivity index (χ0) is 12.4. The lowest BCUT2D eigenvalue weighted by molar-refractivity contribution is 0.0764. The van der Waals surface area contributed by atoms with Crippen molar-refractivity contribution in [3.63, 3.8) is 0 Å². The van der Waals surface area contributed by atoms with Gasteiger partial charge in [0, 0.05) is 18.7 Å². The number of benzene rings is 1. The van der Waals surface area contributed by atoms with Crippen molar-refractivity contribution in [1.82, 2.24) is 4.90 Å². The maximum Gasteiger partial charge on any atom is 0.254 e. The van der Waals surface area contributed by atoms with Gasteiger partial charge in [0.05, 0.1) is 18.9 Å². The third kappa shape index (κ3) is 2.34. The van der Waals surface area contributed by atoms with Crippen molar-refractivity contribution >= 4 is 11.6 Å². The molecule has 5 heteroatoms. The van der Waals surface area contributed by atoms with E-state index in [4.69, 9.17) is 10.5 Å². The van der Waals surface area contributed by atoms with Gasteiger partial charge in [-0.2, -0.15) is 0 Å². The third-order valence-corrected chi connectivity index (χ3v) is 2.93. The highest BCUT2D eigenvalue weighted by Crippen LogP contribution is 2.23. The smallest absolute Gasteiger partial charge is 0.254 e. The Labute approximate surface area is 99.8 Å². The summed E-state index contributed by atoms with van der Waals surface area (Å²) in [4.78, 5) is 13.7. The molecule has 17 heavy (non-hydrogen) atoms. The van der Waals surface area contributed by atoms with Gasteiger partial charge in [0.1, 0.15) is 5.75 Å². The Morgan fingerprint density at radius 2 is 2.35 bits per heavy atom. The molecule has 0 spiro atoms. The number of nitrogens with two attached hydrogens (primary N) is 1. The van der Waals surface area contributed by atoms with Crippen molar-refractivity contribution in [2.75, 3.05) is 25.9 Å². The lowest BCUT2D eigenvalue weighted by Gasteiger charge is -2.16. The summed E-state index contributed by atoms with van der Waals surface area (Å²) in [5.41, 5.74) is 6.72. The maximum atomic E-state index is 12.1. The van der Waals surface area contributed by atoms with E-state index in [9.17, 15) is 9.90 Å². The molecule has 2 rings (SSSR count). The fourth-order valence-electron chi connectivity index (χ4n) is 1.95. The zero-order valence-corrected chi connectivity index (χ0v) is 9.72. The molecule has 1 saturated heterocycles. The fraction of sp³-hybridized carbons (Fsp3) is 0.417. The van der Waals surface area contributed by atoms with Gasteiger partial charge in [0.15, 0.2) is 0 Å². The second-order valence-electron chi connectivity index (χ2n) is 4.15. The van der Waals surface area contributed by atoms with E-state index in [0.717, 1.165) is 0 Å². The molecule has 0 saturated carbocycles. The molecule has 1 amide bonds. The Morgan fingerprint density at radius 3 is 2.94 bits per heavy atom. The van der Waals surface area contributed by atoms with Crippen LogP contribution in [0.1, 0.15) is 16.8 Å². The second-order valence-corrected chi connectivity index (χ2v) is 4.15. The molecule has 1 aliphatic rings. The normalized spacial score (nSPS) is 19.4. The number of nitrogens with zero attached hydrogens (tertiary/aromatic N) is 1. The summed E-state index contributed by atoms with van der Waals surface area (Å²) in [6, 6.07) is 4.95. The summed E-state index contributed by atoms with van der Waals surface area (Å²) in [6.07, 6.45) is 0.229. The number of carbonyl (C=O) groups is 1. The van der Waals surface area contributed by atoms with E-state index in [0.29, 0.717) is 36.5 Å². The largest absolute Gasteiger partial charge is 0.495 e. The number of carbonyl (C=O) groups excluding carboxylic acids is 1. The van der Waals surface area contributed by atoms with Crippen LogP contribution in [0.25, 0.3) is 0 Å². The van der Waals surface area contributed by atoms with Crippen molar-refractivity contribution in [3.05, 3.63) is 23.8 Å². The minimum Gasteiger partial charge on any atom is -0.495 e. The minimum atomic E-state index is -0.408. The molecule has 0 aliphatic carbocycles. The first-order chi connectivity index (χ1) is 8.11. The van der Waals surface area contributed by atoms with E-state index in [1.807, 2.05) is 0 Å². The number of nitrogen functional groups attached to an aromatic ring is 1. The number of aliphatic hydroxyl groups is 1. The molecule has 1 aromatic rings. The molecular weight excluding hydrogens is 220 g/mol. The van der Waals surface area contributed by atoms with Crippen molar-refractivity contribution in [2.45, 2.75) is 12.5 Å². The molecule has 5 nitrogen and oxygen atoms in total.